The number of hydrogen-bond donors (Lipinski definition) is 0. The minimum absolute atomic E-state index is 0.619. The monoisotopic (exact) mass is 168 g/mol. The van der Waals surface area contributed by atoms with Gasteiger partial charge >= 0.3 is 0 Å². The van der Waals surface area contributed by atoms with Crippen LogP contribution >= 0.6 is 16.3 Å². The van der Waals surface area contributed by atoms with Crippen molar-refractivity contribution in [1.82, 2.24) is 0 Å². The zero-order chi connectivity index (χ0) is 5.54. The van der Waals surface area contributed by atoms with Gasteiger partial charge in [-0.05, 0) is 6.92 Å². The standard InChI is InChI=1S/C4H9BrO2/c1-2-6-3-4-7-5/h2-4H2,1H3. The molecule has 0 aromatic rings. The molecule has 2 nitrogen and oxygen atoms in total. The predicted octanol–water partition coefficient (Wildman–Crippen LogP) is 1.35. The number of ether oxygens (including phenoxy) is 1. The van der Waals surface area contributed by atoms with Crippen molar-refractivity contribution >= 4 is 16.3 Å². The Hall–Kier alpha value is 0.400. The van der Waals surface area contributed by atoms with E-state index in [0.717, 1.165) is 6.61 Å². The van der Waals surface area contributed by atoms with Gasteiger partial charge in [0.05, 0.1) is 29.5 Å². The lowest BCUT2D eigenvalue weighted by Gasteiger charge is -1.94. The summed E-state index contributed by atoms with van der Waals surface area (Å²) in [5.41, 5.74) is 0. The number of halogens is 1. The molecule has 0 fully saturated rings. The van der Waals surface area contributed by atoms with Crippen LogP contribution in [0.2, 0.25) is 0 Å². The van der Waals surface area contributed by atoms with Crippen LogP contribution in [-0.2, 0) is 8.57 Å². The Morgan fingerprint density at radius 3 is 2.57 bits per heavy atom. The minimum atomic E-state index is 0.619. The van der Waals surface area contributed by atoms with Gasteiger partial charge in [-0.15, -0.1) is 0 Å². The number of rotatable bonds is 4. The topological polar surface area (TPSA) is 18.5 Å². The second kappa shape index (κ2) is 6.40. The van der Waals surface area contributed by atoms with E-state index in [4.69, 9.17) is 4.74 Å². The SMILES string of the molecule is CCOCCOBr. The van der Waals surface area contributed by atoms with Gasteiger partial charge in [0.15, 0.2) is 0 Å². The highest BCUT2D eigenvalue weighted by molar-refractivity contribution is 9.06. The average Bonchev–Trinajstić information content (AvgIpc) is 1.69. The molecule has 0 aliphatic carbocycles. The zero-order valence-electron chi connectivity index (χ0n) is 4.32. The van der Waals surface area contributed by atoms with Crippen LogP contribution in [0, 0.1) is 0 Å². The fourth-order valence-electron chi connectivity index (χ4n) is 0.235. The van der Waals surface area contributed by atoms with Crippen LogP contribution in [0.1, 0.15) is 6.92 Å². The Bertz CT molecular complexity index is 28.9. The van der Waals surface area contributed by atoms with Gasteiger partial charge in [-0.2, -0.15) is 0 Å². The van der Waals surface area contributed by atoms with E-state index < -0.39 is 0 Å². The molecule has 0 heterocycles. The third-order valence-electron chi connectivity index (χ3n) is 0.509. The van der Waals surface area contributed by atoms with Gasteiger partial charge in [-0.1, -0.05) is 0 Å². The molecule has 0 aliphatic heterocycles. The Morgan fingerprint density at radius 2 is 2.14 bits per heavy atom. The Labute approximate surface area is 52.3 Å². The van der Waals surface area contributed by atoms with Gasteiger partial charge in [-0.25, -0.2) is 0 Å². The summed E-state index contributed by atoms with van der Waals surface area (Å²) in [5.74, 6) is 0. The second-order valence-corrected chi connectivity index (χ2v) is 1.47. The van der Waals surface area contributed by atoms with Crippen LogP contribution < -0.4 is 0 Å². The molecule has 0 aromatic carbocycles. The van der Waals surface area contributed by atoms with Crippen molar-refractivity contribution in [1.29, 1.82) is 0 Å². The van der Waals surface area contributed by atoms with E-state index in [1.807, 2.05) is 6.92 Å². The molecule has 0 spiro atoms. The molecule has 0 atom stereocenters. The first-order valence-corrected chi connectivity index (χ1v) is 2.87. The molecule has 0 aromatic heterocycles. The van der Waals surface area contributed by atoms with Crippen molar-refractivity contribution in [2.75, 3.05) is 19.8 Å². The van der Waals surface area contributed by atoms with Crippen molar-refractivity contribution < 1.29 is 8.57 Å². The van der Waals surface area contributed by atoms with Gasteiger partial charge in [0.25, 0.3) is 0 Å². The summed E-state index contributed by atoms with van der Waals surface area (Å²) in [4.78, 5) is 0. The zero-order valence-corrected chi connectivity index (χ0v) is 5.90. The highest BCUT2D eigenvalue weighted by Gasteiger charge is 1.79. The highest BCUT2D eigenvalue weighted by atomic mass is 79.9. The van der Waals surface area contributed by atoms with Gasteiger partial charge in [-0.3, -0.25) is 0 Å². The van der Waals surface area contributed by atoms with E-state index in [1.54, 1.807) is 0 Å². The molecule has 0 N–H and O–H groups in total. The lowest BCUT2D eigenvalue weighted by Crippen LogP contribution is -1.97. The van der Waals surface area contributed by atoms with E-state index >= 15 is 0 Å². The molecule has 0 rings (SSSR count). The molecule has 0 aliphatic rings. The molecule has 0 bridgehead atoms. The van der Waals surface area contributed by atoms with E-state index in [1.165, 1.54) is 0 Å². The van der Waals surface area contributed by atoms with Crippen LogP contribution in [0.3, 0.4) is 0 Å². The summed E-state index contributed by atoms with van der Waals surface area (Å²) in [6, 6.07) is 0. The molecule has 7 heavy (non-hydrogen) atoms. The first-order valence-electron chi connectivity index (χ1n) is 2.23. The van der Waals surface area contributed by atoms with Crippen LogP contribution in [0.4, 0.5) is 0 Å². The van der Waals surface area contributed by atoms with Crippen LogP contribution in [0.25, 0.3) is 0 Å². The Balaban J connectivity index is 2.45. The molecule has 0 radical (unpaired) electrons. The molecule has 0 saturated carbocycles. The lowest BCUT2D eigenvalue weighted by atomic mass is 10.8. The summed E-state index contributed by atoms with van der Waals surface area (Å²) < 4.78 is 9.45. The third kappa shape index (κ3) is 6.40. The highest BCUT2D eigenvalue weighted by Crippen LogP contribution is 1.82. The molecular weight excluding hydrogens is 160 g/mol. The number of hydrogen-bond acceptors (Lipinski definition) is 2. The van der Waals surface area contributed by atoms with Gasteiger partial charge < -0.3 is 8.57 Å². The van der Waals surface area contributed by atoms with Gasteiger partial charge in [0.1, 0.15) is 0 Å². The maximum atomic E-state index is 4.92. The van der Waals surface area contributed by atoms with Crippen molar-refractivity contribution in [3.63, 3.8) is 0 Å². The molecular formula is C4H9BrO2. The Kier molecular flexibility index (Phi) is 6.77. The fourth-order valence-corrected chi connectivity index (χ4v) is 0.367. The van der Waals surface area contributed by atoms with Crippen molar-refractivity contribution in [2.45, 2.75) is 6.92 Å². The van der Waals surface area contributed by atoms with Crippen LogP contribution in [0.15, 0.2) is 0 Å². The smallest absolute Gasteiger partial charge is 0.0988 e. The average molecular weight is 169 g/mol. The lowest BCUT2D eigenvalue weighted by molar-refractivity contribution is 0.120. The summed E-state index contributed by atoms with van der Waals surface area (Å²) in [5, 5.41) is 0. The summed E-state index contributed by atoms with van der Waals surface area (Å²) in [6.45, 7) is 4.00. The van der Waals surface area contributed by atoms with Crippen molar-refractivity contribution in [3.05, 3.63) is 0 Å². The largest absolute Gasteiger partial charge is 0.379 e. The fraction of sp³-hybridized carbons (Fsp3) is 1.00. The third-order valence-corrected chi connectivity index (χ3v) is 0.833. The molecule has 0 unspecified atom stereocenters. The minimum Gasteiger partial charge on any atom is -0.379 e. The summed E-state index contributed by atoms with van der Waals surface area (Å²) in [6.07, 6.45) is 0. The summed E-state index contributed by atoms with van der Waals surface area (Å²) in [7, 11) is 0. The molecule has 3 heteroatoms. The van der Waals surface area contributed by atoms with E-state index in [-0.39, 0.29) is 0 Å². The predicted molar refractivity (Wildman–Crippen MR) is 31.4 cm³/mol. The van der Waals surface area contributed by atoms with Gasteiger partial charge in [0.2, 0.25) is 0 Å². The molecule has 0 saturated heterocycles. The molecule has 44 valence electrons. The van der Waals surface area contributed by atoms with E-state index in [2.05, 4.69) is 20.1 Å². The second-order valence-electron chi connectivity index (χ2n) is 1.01. The first kappa shape index (κ1) is 7.40. The summed E-state index contributed by atoms with van der Waals surface area (Å²) >= 11 is 2.80. The maximum absolute atomic E-state index is 4.92. The van der Waals surface area contributed by atoms with Crippen molar-refractivity contribution in [3.8, 4) is 0 Å². The quantitative estimate of drug-likeness (QED) is 0.591. The maximum Gasteiger partial charge on any atom is 0.0988 e. The van der Waals surface area contributed by atoms with Crippen molar-refractivity contribution in [2.24, 2.45) is 0 Å². The van der Waals surface area contributed by atoms with Crippen LogP contribution in [-0.4, -0.2) is 19.8 Å². The van der Waals surface area contributed by atoms with Crippen LogP contribution in [0.5, 0.6) is 0 Å². The normalized spacial score (nSPS) is 9.43. The van der Waals surface area contributed by atoms with Gasteiger partial charge in [0, 0.05) is 6.61 Å². The first-order chi connectivity index (χ1) is 3.41. The Morgan fingerprint density at radius 1 is 1.43 bits per heavy atom. The molecule has 0 amide bonds. The van der Waals surface area contributed by atoms with E-state index in [9.17, 15) is 0 Å². The van der Waals surface area contributed by atoms with E-state index in [0.29, 0.717) is 13.2 Å².